The highest BCUT2D eigenvalue weighted by molar-refractivity contribution is 7.21. The summed E-state index contributed by atoms with van der Waals surface area (Å²) in [5.41, 5.74) is 3.16. The predicted molar refractivity (Wildman–Crippen MR) is 90.9 cm³/mol. The minimum atomic E-state index is -0.216. The van der Waals surface area contributed by atoms with Crippen molar-refractivity contribution in [2.75, 3.05) is 0 Å². The van der Waals surface area contributed by atoms with E-state index in [0.29, 0.717) is 6.04 Å². The lowest BCUT2D eigenvalue weighted by atomic mass is 10.1. The molecular formula is C18H15FN2S. The molecule has 4 rings (SSSR count). The quantitative estimate of drug-likeness (QED) is 0.468. The second-order valence-corrected chi connectivity index (χ2v) is 6.75. The number of nitrogens with zero attached hydrogens (tertiary/aromatic N) is 2. The number of thiazole rings is 1. The summed E-state index contributed by atoms with van der Waals surface area (Å²) in [7, 11) is 0. The second-order valence-electron chi connectivity index (χ2n) is 5.72. The molecule has 110 valence electrons. The van der Waals surface area contributed by atoms with Gasteiger partial charge >= 0.3 is 0 Å². The molecule has 2 nitrogen and oxygen atoms in total. The Balaban J connectivity index is 1.85. The van der Waals surface area contributed by atoms with Crippen molar-refractivity contribution in [1.82, 2.24) is 9.55 Å². The minimum absolute atomic E-state index is 0.216. The molecule has 0 bridgehead atoms. The predicted octanol–water partition coefficient (Wildman–Crippen LogP) is 5.64. The fourth-order valence-corrected chi connectivity index (χ4v) is 3.76. The molecule has 0 atom stereocenters. The van der Waals surface area contributed by atoms with Crippen molar-refractivity contribution in [2.24, 2.45) is 0 Å². The van der Waals surface area contributed by atoms with Gasteiger partial charge in [0.2, 0.25) is 0 Å². The highest BCUT2D eigenvalue weighted by Gasteiger charge is 2.10. The highest BCUT2D eigenvalue weighted by atomic mass is 32.1. The van der Waals surface area contributed by atoms with Gasteiger partial charge in [0.15, 0.2) is 0 Å². The topological polar surface area (TPSA) is 17.8 Å². The molecule has 0 aliphatic rings. The Morgan fingerprint density at radius 2 is 1.95 bits per heavy atom. The van der Waals surface area contributed by atoms with Crippen LogP contribution in [0.25, 0.3) is 31.7 Å². The normalized spacial score (nSPS) is 11.8. The number of hydrogen-bond acceptors (Lipinski definition) is 2. The van der Waals surface area contributed by atoms with Gasteiger partial charge in [0.05, 0.1) is 10.2 Å². The SMILES string of the molecule is CC(C)n1ccc2cc(-c3nc4ccc(F)cc4s3)ccc21. The first-order valence-corrected chi connectivity index (χ1v) is 8.10. The van der Waals surface area contributed by atoms with E-state index in [1.807, 2.05) is 0 Å². The van der Waals surface area contributed by atoms with Crippen molar-refractivity contribution < 1.29 is 4.39 Å². The third kappa shape index (κ3) is 2.11. The van der Waals surface area contributed by atoms with Gasteiger partial charge < -0.3 is 4.57 Å². The molecule has 0 radical (unpaired) electrons. The number of hydrogen-bond donors (Lipinski definition) is 0. The monoisotopic (exact) mass is 310 g/mol. The molecule has 2 aromatic carbocycles. The largest absolute Gasteiger partial charge is 0.345 e. The number of fused-ring (bicyclic) bond motifs is 2. The lowest BCUT2D eigenvalue weighted by molar-refractivity contribution is 0.623. The summed E-state index contributed by atoms with van der Waals surface area (Å²) in [5, 5.41) is 2.14. The summed E-state index contributed by atoms with van der Waals surface area (Å²) in [6.07, 6.45) is 2.12. The molecule has 0 spiro atoms. The Bertz CT molecular complexity index is 981. The zero-order valence-corrected chi connectivity index (χ0v) is 13.2. The van der Waals surface area contributed by atoms with Crippen LogP contribution in [-0.4, -0.2) is 9.55 Å². The van der Waals surface area contributed by atoms with Crippen molar-refractivity contribution in [3.8, 4) is 10.6 Å². The molecule has 0 unspecified atom stereocenters. The van der Waals surface area contributed by atoms with Gasteiger partial charge in [0, 0.05) is 28.7 Å². The first-order chi connectivity index (χ1) is 10.6. The van der Waals surface area contributed by atoms with Gasteiger partial charge in [-0.1, -0.05) is 0 Å². The van der Waals surface area contributed by atoms with Crippen LogP contribution in [0.2, 0.25) is 0 Å². The molecule has 0 saturated carbocycles. The number of rotatable bonds is 2. The fourth-order valence-electron chi connectivity index (χ4n) is 2.77. The van der Waals surface area contributed by atoms with Crippen molar-refractivity contribution in [2.45, 2.75) is 19.9 Å². The second kappa shape index (κ2) is 4.92. The van der Waals surface area contributed by atoms with E-state index in [1.165, 1.54) is 28.3 Å². The number of benzene rings is 2. The molecule has 2 heterocycles. The van der Waals surface area contributed by atoms with Crippen LogP contribution in [-0.2, 0) is 0 Å². The maximum Gasteiger partial charge on any atom is 0.124 e. The average molecular weight is 310 g/mol. The number of aromatic nitrogens is 2. The van der Waals surface area contributed by atoms with Crippen LogP contribution >= 0.6 is 11.3 Å². The van der Waals surface area contributed by atoms with Gasteiger partial charge in [0.1, 0.15) is 10.8 Å². The van der Waals surface area contributed by atoms with E-state index in [-0.39, 0.29) is 5.82 Å². The van der Waals surface area contributed by atoms with Gasteiger partial charge in [-0.15, -0.1) is 11.3 Å². The lowest BCUT2D eigenvalue weighted by Crippen LogP contribution is -1.97. The molecule has 0 aliphatic heterocycles. The maximum atomic E-state index is 13.3. The van der Waals surface area contributed by atoms with Crippen molar-refractivity contribution in [1.29, 1.82) is 0 Å². The molecule has 0 saturated heterocycles. The summed E-state index contributed by atoms with van der Waals surface area (Å²) in [4.78, 5) is 4.62. The Morgan fingerprint density at radius 3 is 2.77 bits per heavy atom. The molecule has 4 aromatic rings. The molecule has 0 fully saturated rings. The van der Waals surface area contributed by atoms with Gasteiger partial charge in [-0.2, -0.15) is 0 Å². The van der Waals surface area contributed by atoms with E-state index in [9.17, 15) is 4.39 Å². The molecule has 0 aliphatic carbocycles. The molecule has 0 N–H and O–H groups in total. The number of halogens is 1. The standard InChI is InChI=1S/C18H15FN2S/c1-11(2)21-8-7-12-9-13(3-6-16(12)21)18-20-15-5-4-14(19)10-17(15)22-18/h3-11H,1-2H3. The molecular weight excluding hydrogens is 295 g/mol. The van der Waals surface area contributed by atoms with Crippen LogP contribution in [0.3, 0.4) is 0 Å². The summed E-state index contributed by atoms with van der Waals surface area (Å²) in [6.45, 7) is 4.35. The minimum Gasteiger partial charge on any atom is -0.345 e. The van der Waals surface area contributed by atoms with Crippen LogP contribution in [0.15, 0.2) is 48.7 Å². The Hall–Kier alpha value is -2.20. The van der Waals surface area contributed by atoms with Crippen molar-refractivity contribution in [3.05, 3.63) is 54.5 Å². The van der Waals surface area contributed by atoms with E-state index in [1.54, 1.807) is 12.1 Å². The van der Waals surface area contributed by atoms with E-state index in [0.717, 1.165) is 20.8 Å². The third-order valence-corrected chi connectivity index (χ3v) is 4.94. The fraction of sp³-hybridized carbons (Fsp3) is 0.167. The van der Waals surface area contributed by atoms with Crippen molar-refractivity contribution in [3.63, 3.8) is 0 Å². The highest BCUT2D eigenvalue weighted by Crippen LogP contribution is 2.32. The van der Waals surface area contributed by atoms with Crippen LogP contribution in [0.4, 0.5) is 4.39 Å². The summed E-state index contributed by atoms with van der Waals surface area (Å²) >= 11 is 1.53. The smallest absolute Gasteiger partial charge is 0.124 e. The summed E-state index contributed by atoms with van der Waals surface area (Å²) < 4.78 is 16.5. The van der Waals surface area contributed by atoms with Gasteiger partial charge in [-0.3, -0.25) is 0 Å². The van der Waals surface area contributed by atoms with E-state index >= 15 is 0 Å². The first-order valence-electron chi connectivity index (χ1n) is 7.29. The van der Waals surface area contributed by atoms with E-state index in [4.69, 9.17) is 0 Å². The third-order valence-electron chi connectivity index (χ3n) is 3.87. The van der Waals surface area contributed by atoms with Crippen LogP contribution in [0.5, 0.6) is 0 Å². The summed E-state index contributed by atoms with van der Waals surface area (Å²) in [5.74, 6) is -0.216. The van der Waals surface area contributed by atoms with Gasteiger partial charge in [-0.25, -0.2) is 9.37 Å². The van der Waals surface area contributed by atoms with E-state index in [2.05, 4.69) is 53.9 Å². The zero-order valence-electron chi connectivity index (χ0n) is 12.4. The lowest BCUT2D eigenvalue weighted by Gasteiger charge is -2.09. The maximum absolute atomic E-state index is 13.3. The van der Waals surface area contributed by atoms with Crippen LogP contribution in [0, 0.1) is 5.82 Å². The Kier molecular flexibility index (Phi) is 3.01. The zero-order chi connectivity index (χ0) is 15.3. The van der Waals surface area contributed by atoms with Gasteiger partial charge in [0.25, 0.3) is 0 Å². The average Bonchev–Trinajstić information content (AvgIpc) is 3.09. The Morgan fingerprint density at radius 1 is 1.09 bits per heavy atom. The molecule has 4 heteroatoms. The first kappa shape index (κ1) is 13.5. The molecule has 0 amide bonds. The van der Waals surface area contributed by atoms with Gasteiger partial charge in [-0.05, 0) is 56.3 Å². The van der Waals surface area contributed by atoms with Crippen molar-refractivity contribution >= 4 is 32.5 Å². The van der Waals surface area contributed by atoms with Crippen LogP contribution < -0.4 is 0 Å². The van der Waals surface area contributed by atoms with Crippen LogP contribution in [0.1, 0.15) is 19.9 Å². The van der Waals surface area contributed by atoms with E-state index < -0.39 is 0 Å². The molecule has 22 heavy (non-hydrogen) atoms. The Labute approximate surface area is 131 Å². The molecule has 2 aromatic heterocycles. The summed E-state index contributed by atoms with van der Waals surface area (Å²) in [6, 6.07) is 13.7.